The fourth-order valence-electron chi connectivity index (χ4n) is 2.56. The second-order valence-corrected chi connectivity index (χ2v) is 6.64. The Kier molecular flexibility index (Phi) is 8.27. The van der Waals surface area contributed by atoms with Crippen LogP contribution >= 0.6 is 0 Å². The van der Waals surface area contributed by atoms with Gasteiger partial charge in [0.05, 0.1) is 0 Å². The molecule has 2 rings (SSSR count). The Hall–Kier alpha value is -3.09. The van der Waals surface area contributed by atoms with Gasteiger partial charge in [0.25, 0.3) is 0 Å². The number of halogens is 1. The quantitative estimate of drug-likeness (QED) is 0.436. The van der Waals surface area contributed by atoms with Crippen LogP contribution in [-0.2, 0) is 13.0 Å². The normalized spacial score (nSPS) is 11.2. The number of benzene rings is 2. The maximum Gasteiger partial charge on any atom is 0.319 e. The number of amides is 2. The molecular weight excluding hydrogens is 357 g/mol. The first kappa shape index (κ1) is 21.2. The molecule has 0 atom stereocenters. The molecule has 0 heterocycles. The van der Waals surface area contributed by atoms with E-state index in [0.29, 0.717) is 31.0 Å². The second kappa shape index (κ2) is 10.9. The predicted molar refractivity (Wildman–Crippen MR) is 112 cm³/mol. The highest BCUT2D eigenvalue weighted by molar-refractivity contribution is 5.89. The van der Waals surface area contributed by atoms with E-state index in [2.05, 4.69) is 26.3 Å². The van der Waals surface area contributed by atoms with Gasteiger partial charge in [-0.1, -0.05) is 30.3 Å². The number of carbonyl (C=O) groups excluding carboxylic acids is 1. The van der Waals surface area contributed by atoms with Gasteiger partial charge in [-0.25, -0.2) is 9.18 Å². The molecule has 0 aliphatic rings. The molecule has 0 unspecified atom stereocenters. The van der Waals surface area contributed by atoms with Crippen LogP contribution in [-0.4, -0.2) is 31.6 Å². The maximum atomic E-state index is 13.6. The van der Waals surface area contributed by atoms with E-state index in [1.54, 1.807) is 19.2 Å². The molecule has 0 spiro atoms. The van der Waals surface area contributed by atoms with E-state index in [1.807, 2.05) is 44.2 Å². The first-order chi connectivity index (χ1) is 13.5. The number of guanidine groups is 1. The zero-order chi connectivity index (χ0) is 20.4. The summed E-state index contributed by atoms with van der Waals surface area (Å²) in [5.41, 5.74) is 2.45. The zero-order valence-electron chi connectivity index (χ0n) is 16.6. The van der Waals surface area contributed by atoms with Crippen LogP contribution in [0, 0.1) is 5.82 Å². The van der Waals surface area contributed by atoms with E-state index in [-0.39, 0.29) is 17.9 Å². The van der Waals surface area contributed by atoms with Crippen LogP contribution in [0.1, 0.15) is 25.0 Å². The highest BCUT2D eigenvalue weighted by Crippen LogP contribution is 2.09. The Morgan fingerprint density at radius 3 is 2.43 bits per heavy atom. The highest BCUT2D eigenvalue weighted by atomic mass is 19.1. The predicted octanol–water partition coefficient (Wildman–Crippen LogP) is 3.26. The lowest BCUT2D eigenvalue weighted by Gasteiger charge is -2.13. The number of urea groups is 1. The summed E-state index contributed by atoms with van der Waals surface area (Å²) in [5, 5.41) is 12.0. The second-order valence-electron chi connectivity index (χ2n) is 6.64. The molecule has 7 heteroatoms. The van der Waals surface area contributed by atoms with Crippen LogP contribution < -0.4 is 21.3 Å². The van der Waals surface area contributed by atoms with Gasteiger partial charge in [0, 0.05) is 31.9 Å². The number of rotatable bonds is 7. The van der Waals surface area contributed by atoms with Crippen molar-refractivity contribution in [2.24, 2.45) is 4.99 Å². The van der Waals surface area contributed by atoms with Gasteiger partial charge in [-0.2, -0.15) is 0 Å². The van der Waals surface area contributed by atoms with Crippen molar-refractivity contribution in [1.29, 1.82) is 0 Å². The molecule has 150 valence electrons. The largest absolute Gasteiger partial charge is 0.356 e. The minimum atomic E-state index is -0.222. The molecule has 0 bridgehead atoms. The Bertz CT molecular complexity index is 790. The van der Waals surface area contributed by atoms with Gasteiger partial charge >= 0.3 is 6.03 Å². The van der Waals surface area contributed by atoms with Crippen molar-refractivity contribution in [2.75, 3.05) is 18.9 Å². The van der Waals surface area contributed by atoms with Crippen molar-refractivity contribution in [3.05, 3.63) is 65.5 Å². The van der Waals surface area contributed by atoms with Crippen molar-refractivity contribution < 1.29 is 9.18 Å². The highest BCUT2D eigenvalue weighted by Gasteiger charge is 2.04. The minimum absolute atomic E-state index is 0.0844. The van der Waals surface area contributed by atoms with Crippen LogP contribution in [0.5, 0.6) is 0 Å². The topological polar surface area (TPSA) is 77.6 Å². The summed E-state index contributed by atoms with van der Waals surface area (Å²) < 4.78 is 13.6. The molecule has 0 aromatic heterocycles. The van der Waals surface area contributed by atoms with Gasteiger partial charge < -0.3 is 21.3 Å². The first-order valence-corrected chi connectivity index (χ1v) is 9.32. The first-order valence-electron chi connectivity index (χ1n) is 9.32. The van der Waals surface area contributed by atoms with Crippen LogP contribution in [0.3, 0.4) is 0 Å². The van der Waals surface area contributed by atoms with Crippen molar-refractivity contribution in [3.63, 3.8) is 0 Å². The lowest BCUT2D eigenvalue weighted by Crippen LogP contribution is -2.37. The number of nitrogens with zero attached hydrogens (tertiary/aromatic N) is 1. The molecule has 0 fully saturated rings. The summed E-state index contributed by atoms with van der Waals surface area (Å²) in [4.78, 5) is 15.9. The third kappa shape index (κ3) is 7.26. The van der Waals surface area contributed by atoms with Crippen molar-refractivity contribution in [2.45, 2.75) is 32.9 Å². The third-order valence-corrected chi connectivity index (χ3v) is 3.96. The van der Waals surface area contributed by atoms with Crippen LogP contribution in [0.15, 0.2) is 53.5 Å². The van der Waals surface area contributed by atoms with Gasteiger partial charge in [-0.15, -0.1) is 0 Å². The Morgan fingerprint density at radius 2 is 1.79 bits per heavy atom. The number of nitrogens with one attached hydrogen (secondary N) is 4. The van der Waals surface area contributed by atoms with Gasteiger partial charge in [-0.05, 0) is 49.6 Å². The zero-order valence-corrected chi connectivity index (χ0v) is 16.6. The molecule has 0 saturated carbocycles. The number of anilines is 1. The number of aliphatic imine (C=N–C) groups is 1. The molecule has 6 nitrogen and oxygen atoms in total. The van der Waals surface area contributed by atoms with Gasteiger partial charge in [0.2, 0.25) is 0 Å². The summed E-state index contributed by atoms with van der Waals surface area (Å²) in [6.07, 6.45) is 0.576. The molecule has 2 aromatic carbocycles. The Morgan fingerprint density at radius 1 is 1.07 bits per heavy atom. The minimum Gasteiger partial charge on any atom is -0.356 e. The SMILES string of the molecule is CN=C(NCCc1ccccc1F)NCc1ccc(NC(=O)NC(C)C)cc1. The molecule has 0 aliphatic carbocycles. The molecule has 4 N–H and O–H groups in total. The van der Waals surface area contributed by atoms with Crippen molar-refractivity contribution >= 4 is 17.7 Å². The van der Waals surface area contributed by atoms with E-state index in [0.717, 1.165) is 11.3 Å². The van der Waals surface area contributed by atoms with E-state index >= 15 is 0 Å². The van der Waals surface area contributed by atoms with Crippen molar-refractivity contribution in [1.82, 2.24) is 16.0 Å². The third-order valence-electron chi connectivity index (χ3n) is 3.96. The Balaban J connectivity index is 1.76. The summed E-state index contributed by atoms with van der Waals surface area (Å²) in [6.45, 7) is 4.98. The summed E-state index contributed by atoms with van der Waals surface area (Å²) >= 11 is 0. The summed E-state index contributed by atoms with van der Waals surface area (Å²) in [7, 11) is 1.69. The van der Waals surface area contributed by atoms with E-state index in [9.17, 15) is 9.18 Å². The fraction of sp³-hybridized carbons (Fsp3) is 0.333. The average molecular weight is 385 g/mol. The average Bonchev–Trinajstić information content (AvgIpc) is 2.66. The molecule has 0 radical (unpaired) electrons. The molecule has 28 heavy (non-hydrogen) atoms. The standard InChI is InChI=1S/C21H28FN5O/c1-15(2)26-21(28)27-18-10-8-16(9-11-18)14-25-20(23-3)24-13-12-17-6-4-5-7-19(17)22/h4-11,15H,12-14H2,1-3H3,(H2,23,24,25)(H2,26,27,28). The molecule has 2 aromatic rings. The maximum absolute atomic E-state index is 13.6. The summed E-state index contributed by atoms with van der Waals surface area (Å²) in [5.74, 6) is 0.456. The smallest absolute Gasteiger partial charge is 0.319 e. The van der Waals surface area contributed by atoms with Crippen LogP contribution in [0.2, 0.25) is 0 Å². The van der Waals surface area contributed by atoms with E-state index in [4.69, 9.17) is 0 Å². The fourth-order valence-corrected chi connectivity index (χ4v) is 2.56. The lowest BCUT2D eigenvalue weighted by molar-refractivity contribution is 0.250. The van der Waals surface area contributed by atoms with Gasteiger partial charge in [0.1, 0.15) is 5.82 Å². The molecule has 0 aliphatic heterocycles. The number of hydrogen-bond acceptors (Lipinski definition) is 2. The summed E-state index contributed by atoms with van der Waals surface area (Å²) in [6, 6.07) is 14.2. The van der Waals surface area contributed by atoms with Crippen LogP contribution in [0.4, 0.5) is 14.9 Å². The molecule has 2 amide bonds. The van der Waals surface area contributed by atoms with Crippen LogP contribution in [0.25, 0.3) is 0 Å². The molecular formula is C21H28FN5O. The van der Waals surface area contributed by atoms with E-state index in [1.165, 1.54) is 6.07 Å². The number of carbonyl (C=O) groups is 1. The monoisotopic (exact) mass is 385 g/mol. The van der Waals surface area contributed by atoms with E-state index < -0.39 is 0 Å². The number of hydrogen-bond donors (Lipinski definition) is 4. The van der Waals surface area contributed by atoms with Crippen molar-refractivity contribution in [3.8, 4) is 0 Å². The van der Waals surface area contributed by atoms with Gasteiger partial charge in [0.15, 0.2) is 5.96 Å². The molecule has 0 saturated heterocycles. The Labute approximate surface area is 165 Å². The van der Waals surface area contributed by atoms with Gasteiger partial charge in [-0.3, -0.25) is 4.99 Å². The lowest BCUT2D eigenvalue weighted by atomic mass is 10.1.